The molecule has 1 saturated carbocycles. The van der Waals surface area contributed by atoms with Crippen molar-refractivity contribution in [1.82, 2.24) is 9.21 Å². The van der Waals surface area contributed by atoms with Crippen molar-refractivity contribution < 1.29 is 13.5 Å². The van der Waals surface area contributed by atoms with Crippen LogP contribution in [0.4, 0.5) is 0 Å². The molecule has 0 aromatic rings. The minimum atomic E-state index is -3.11. The molecule has 0 aromatic heterocycles. The van der Waals surface area contributed by atoms with Crippen LogP contribution in [0.5, 0.6) is 0 Å². The second kappa shape index (κ2) is 6.94. The van der Waals surface area contributed by atoms with Crippen LogP contribution < -0.4 is 0 Å². The van der Waals surface area contributed by atoms with Gasteiger partial charge in [-0.15, -0.1) is 0 Å². The second-order valence-electron chi connectivity index (χ2n) is 7.27. The van der Waals surface area contributed by atoms with Crippen LogP contribution in [0.25, 0.3) is 0 Å². The van der Waals surface area contributed by atoms with Gasteiger partial charge in [-0.05, 0) is 32.6 Å². The van der Waals surface area contributed by atoms with Crippen molar-refractivity contribution in [3.05, 3.63) is 0 Å². The smallest absolute Gasteiger partial charge is 0.214 e. The highest BCUT2D eigenvalue weighted by Gasteiger charge is 2.31. The number of nitrogens with zero attached hydrogens (tertiary/aromatic N) is 2. The van der Waals surface area contributed by atoms with E-state index in [-0.39, 0.29) is 0 Å². The molecule has 2 aliphatic rings. The average molecular weight is 318 g/mol. The molecule has 21 heavy (non-hydrogen) atoms. The van der Waals surface area contributed by atoms with E-state index in [9.17, 15) is 13.5 Å². The first-order valence-electron chi connectivity index (χ1n) is 8.19. The Kier molecular flexibility index (Phi) is 5.68. The molecule has 124 valence electrons. The number of piperazine rings is 1. The fourth-order valence-corrected chi connectivity index (χ4v) is 5.33. The van der Waals surface area contributed by atoms with Gasteiger partial charge < -0.3 is 5.11 Å². The number of hydrogen-bond acceptors (Lipinski definition) is 4. The molecule has 2 rings (SSSR count). The largest absolute Gasteiger partial charge is 0.389 e. The number of β-amino-alcohol motifs (C(OH)–C–C–N with tert-alkyl or cyclic N) is 1. The summed E-state index contributed by atoms with van der Waals surface area (Å²) in [5.74, 6) is 0.691. The summed E-state index contributed by atoms with van der Waals surface area (Å²) >= 11 is 0. The Morgan fingerprint density at radius 2 is 1.62 bits per heavy atom. The van der Waals surface area contributed by atoms with Crippen LogP contribution in [-0.2, 0) is 10.0 Å². The fourth-order valence-electron chi connectivity index (χ4n) is 3.47. The summed E-state index contributed by atoms with van der Waals surface area (Å²) in [6.07, 6.45) is 5.75. The van der Waals surface area contributed by atoms with Gasteiger partial charge in [0.25, 0.3) is 0 Å². The second-order valence-corrected chi connectivity index (χ2v) is 9.28. The van der Waals surface area contributed by atoms with Crippen molar-refractivity contribution in [1.29, 1.82) is 0 Å². The van der Waals surface area contributed by atoms with Crippen LogP contribution in [0.3, 0.4) is 0 Å². The van der Waals surface area contributed by atoms with Crippen LogP contribution in [-0.4, -0.2) is 66.8 Å². The van der Waals surface area contributed by atoms with Crippen molar-refractivity contribution in [2.45, 2.75) is 51.6 Å². The summed E-state index contributed by atoms with van der Waals surface area (Å²) in [5.41, 5.74) is -0.719. The first-order valence-corrected chi connectivity index (χ1v) is 9.80. The zero-order valence-electron chi connectivity index (χ0n) is 13.4. The van der Waals surface area contributed by atoms with Gasteiger partial charge in [0.15, 0.2) is 0 Å². The maximum absolute atomic E-state index is 12.5. The molecule has 0 aromatic carbocycles. The lowest BCUT2D eigenvalue weighted by Crippen LogP contribution is -2.52. The highest BCUT2D eigenvalue weighted by Crippen LogP contribution is 2.26. The molecule has 6 heteroatoms. The van der Waals surface area contributed by atoms with Gasteiger partial charge >= 0.3 is 0 Å². The molecule has 2 fully saturated rings. The Balaban J connectivity index is 1.82. The summed E-state index contributed by atoms with van der Waals surface area (Å²) in [6.45, 7) is 6.74. The molecular weight excluding hydrogens is 288 g/mol. The fraction of sp³-hybridized carbons (Fsp3) is 1.00. The van der Waals surface area contributed by atoms with E-state index in [0.717, 1.165) is 12.8 Å². The third-order valence-electron chi connectivity index (χ3n) is 4.51. The van der Waals surface area contributed by atoms with Gasteiger partial charge in [-0.1, -0.05) is 19.3 Å². The summed E-state index contributed by atoms with van der Waals surface area (Å²) in [4.78, 5) is 2.15. The molecule has 0 spiro atoms. The quantitative estimate of drug-likeness (QED) is 0.830. The molecule has 0 radical (unpaired) electrons. The van der Waals surface area contributed by atoms with E-state index in [1.165, 1.54) is 19.3 Å². The third kappa shape index (κ3) is 5.51. The average Bonchev–Trinajstić information content (AvgIpc) is 2.38. The molecule has 0 atom stereocenters. The van der Waals surface area contributed by atoms with E-state index in [4.69, 9.17) is 0 Å². The molecule has 0 bridgehead atoms. The Morgan fingerprint density at radius 1 is 1.05 bits per heavy atom. The molecule has 1 aliphatic carbocycles. The zero-order valence-corrected chi connectivity index (χ0v) is 14.2. The van der Waals surface area contributed by atoms with Crippen molar-refractivity contribution in [2.75, 3.05) is 38.5 Å². The summed E-state index contributed by atoms with van der Waals surface area (Å²) in [5, 5.41) is 9.84. The predicted molar refractivity (Wildman–Crippen MR) is 84.7 cm³/mol. The van der Waals surface area contributed by atoms with E-state index in [0.29, 0.717) is 44.4 Å². The Bertz CT molecular complexity index is 417. The lowest BCUT2D eigenvalue weighted by atomic mass is 9.91. The van der Waals surface area contributed by atoms with Gasteiger partial charge in [-0.3, -0.25) is 4.90 Å². The predicted octanol–water partition coefficient (Wildman–Crippen LogP) is 1.28. The number of hydrogen-bond donors (Lipinski definition) is 1. The van der Waals surface area contributed by atoms with Gasteiger partial charge in [-0.25, -0.2) is 8.42 Å². The van der Waals surface area contributed by atoms with Gasteiger partial charge in [-0.2, -0.15) is 4.31 Å². The Morgan fingerprint density at radius 3 is 2.14 bits per heavy atom. The maximum atomic E-state index is 12.5. The molecule has 0 unspecified atom stereocenters. The van der Waals surface area contributed by atoms with Gasteiger partial charge in [0.05, 0.1) is 11.4 Å². The lowest BCUT2D eigenvalue weighted by Gasteiger charge is -2.37. The van der Waals surface area contributed by atoms with Gasteiger partial charge in [0.1, 0.15) is 0 Å². The molecule has 1 heterocycles. The van der Waals surface area contributed by atoms with Crippen molar-refractivity contribution >= 4 is 10.0 Å². The summed E-state index contributed by atoms with van der Waals surface area (Å²) in [7, 11) is -3.11. The zero-order chi connectivity index (χ0) is 15.5. The molecule has 1 N–H and O–H groups in total. The Hall–Kier alpha value is -0.170. The summed E-state index contributed by atoms with van der Waals surface area (Å²) in [6, 6.07) is 0. The van der Waals surface area contributed by atoms with Crippen molar-refractivity contribution in [2.24, 2.45) is 5.92 Å². The highest BCUT2D eigenvalue weighted by molar-refractivity contribution is 7.89. The molecule has 1 aliphatic heterocycles. The van der Waals surface area contributed by atoms with Crippen LogP contribution in [0, 0.1) is 5.92 Å². The van der Waals surface area contributed by atoms with E-state index in [1.54, 1.807) is 18.2 Å². The van der Waals surface area contributed by atoms with Crippen molar-refractivity contribution in [3.8, 4) is 0 Å². The first kappa shape index (κ1) is 17.2. The number of aliphatic hydroxyl groups is 1. The normalized spacial score (nSPS) is 24.3. The van der Waals surface area contributed by atoms with Crippen molar-refractivity contribution in [3.63, 3.8) is 0 Å². The van der Waals surface area contributed by atoms with Gasteiger partial charge in [0, 0.05) is 32.7 Å². The highest BCUT2D eigenvalue weighted by atomic mass is 32.2. The van der Waals surface area contributed by atoms with Gasteiger partial charge in [0.2, 0.25) is 10.0 Å². The van der Waals surface area contributed by atoms with E-state index in [1.807, 2.05) is 0 Å². The van der Waals surface area contributed by atoms with E-state index >= 15 is 0 Å². The standard InChI is InChI=1S/C15H30N2O3S/c1-15(2,18)13-16-8-10-17(11-9-16)21(19,20)12-14-6-4-3-5-7-14/h14,18H,3-13H2,1-2H3. The lowest BCUT2D eigenvalue weighted by molar-refractivity contribution is 0.0262. The topological polar surface area (TPSA) is 60.9 Å². The first-order chi connectivity index (χ1) is 9.76. The van der Waals surface area contributed by atoms with Crippen LogP contribution in [0.15, 0.2) is 0 Å². The van der Waals surface area contributed by atoms with E-state index in [2.05, 4.69) is 4.90 Å². The SMILES string of the molecule is CC(C)(O)CN1CCN(S(=O)(=O)CC2CCCCC2)CC1. The van der Waals surface area contributed by atoms with Crippen LogP contribution >= 0.6 is 0 Å². The van der Waals surface area contributed by atoms with Crippen LogP contribution in [0.1, 0.15) is 46.0 Å². The summed E-state index contributed by atoms with van der Waals surface area (Å²) < 4.78 is 26.7. The molecule has 5 nitrogen and oxygen atoms in total. The molecule has 0 amide bonds. The molecular formula is C15H30N2O3S. The number of rotatable bonds is 5. The minimum Gasteiger partial charge on any atom is -0.389 e. The van der Waals surface area contributed by atoms with Crippen LogP contribution in [0.2, 0.25) is 0 Å². The monoisotopic (exact) mass is 318 g/mol. The third-order valence-corrected chi connectivity index (χ3v) is 6.55. The minimum absolute atomic E-state index is 0.332. The Labute approximate surface area is 129 Å². The number of sulfonamides is 1. The molecule has 1 saturated heterocycles. The van der Waals surface area contributed by atoms with E-state index < -0.39 is 15.6 Å². The maximum Gasteiger partial charge on any atom is 0.214 e.